The monoisotopic (exact) mass is 258 g/mol. The number of nitrogens with two attached hydrogens (primary N) is 1. The van der Waals surface area contributed by atoms with Crippen LogP contribution in [-0.4, -0.2) is 26.2 Å². The third-order valence-corrected chi connectivity index (χ3v) is 4.08. The van der Waals surface area contributed by atoms with Crippen LogP contribution in [0.2, 0.25) is 0 Å². The van der Waals surface area contributed by atoms with Crippen molar-refractivity contribution in [1.29, 1.82) is 0 Å². The third-order valence-electron chi connectivity index (χ3n) is 2.49. The number of nitrogens with one attached hydrogen (secondary N) is 1. The van der Waals surface area contributed by atoms with Crippen LogP contribution in [0.1, 0.15) is 18.9 Å². The van der Waals surface area contributed by atoms with Crippen molar-refractivity contribution >= 4 is 15.7 Å². The maximum Gasteiger partial charge on any atom is 0.242 e. The van der Waals surface area contributed by atoms with E-state index in [4.69, 9.17) is 10.8 Å². The van der Waals surface area contributed by atoms with Crippen molar-refractivity contribution in [2.75, 3.05) is 12.3 Å². The van der Waals surface area contributed by atoms with E-state index >= 15 is 0 Å². The summed E-state index contributed by atoms with van der Waals surface area (Å²) >= 11 is 0. The number of aryl methyl sites for hydroxylation is 1. The van der Waals surface area contributed by atoms with E-state index in [-0.39, 0.29) is 17.2 Å². The van der Waals surface area contributed by atoms with E-state index in [1.807, 2.05) is 6.92 Å². The van der Waals surface area contributed by atoms with Gasteiger partial charge in [-0.2, -0.15) is 0 Å². The predicted octanol–water partition coefficient (Wildman–Crippen LogP) is 0.626. The first-order valence-corrected chi connectivity index (χ1v) is 6.88. The van der Waals surface area contributed by atoms with Crippen LogP contribution in [0.3, 0.4) is 0 Å². The first kappa shape index (κ1) is 14.0. The maximum atomic E-state index is 12.0. The van der Waals surface area contributed by atoms with Crippen molar-refractivity contribution < 1.29 is 13.5 Å². The Morgan fingerprint density at radius 2 is 2.12 bits per heavy atom. The second kappa shape index (κ2) is 5.48. The number of rotatable bonds is 5. The second-order valence-electron chi connectivity index (χ2n) is 3.95. The van der Waals surface area contributed by atoms with Gasteiger partial charge in [0.25, 0.3) is 0 Å². The number of sulfonamides is 1. The number of aliphatic hydroxyl groups excluding tert-OH is 1. The molecule has 0 unspecified atom stereocenters. The highest BCUT2D eigenvalue weighted by atomic mass is 32.2. The van der Waals surface area contributed by atoms with Crippen molar-refractivity contribution in [2.24, 2.45) is 0 Å². The van der Waals surface area contributed by atoms with Gasteiger partial charge in [-0.15, -0.1) is 0 Å². The molecular weight excluding hydrogens is 240 g/mol. The van der Waals surface area contributed by atoms with Crippen LogP contribution >= 0.6 is 0 Å². The van der Waals surface area contributed by atoms with Crippen LogP contribution in [0, 0.1) is 6.92 Å². The van der Waals surface area contributed by atoms with Crippen LogP contribution in [0.5, 0.6) is 0 Å². The Labute approximate surface area is 102 Å². The fourth-order valence-corrected chi connectivity index (χ4v) is 2.87. The van der Waals surface area contributed by atoms with Gasteiger partial charge < -0.3 is 10.8 Å². The van der Waals surface area contributed by atoms with E-state index in [9.17, 15) is 8.42 Å². The minimum atomic E-state index is -3.67. The molecule has 0 saturated carbocycles. The molecule has 0 heterocycles. The van der Waals surface area contributed by atoms with Gasteiger partial charge in [0, 0.05) is 6.04 Å². The maximum absolute atomic E-state index is 12.0. The normalized spacial score (nSPS) is 13.6. The highest BCUT2D eigenvalue weighted by Crippen LogP contribution is 2.19. The van der Waals surface area contributed by atoms with E-state index in [1.165, 1.54) is 6.07 Å². The summed E-state index contributed by atoms with van der Waals surface area (Å²) in [4.78, 5) is 0.0509. The summed E-state index contributed by atoms with van der Waals surface area (Å²) < 4.78 is 26.4. The van der Waals surface area contributed by atoms with Gasteiger partial charge >= 0.3 is 0 Å². The Morgan fingerprint density at radius 3 is 2.59 bits per heavy atom. The van der Waals surface area contributed by atoms with Crippen molar-refractivity contribution in [2.45, 2.75) is 31.2 Å². The molecule has 5 nitrogen and oxygen atoms in total. The molecule has 1 atom stereocenters. The Morgan fingerprint density at radius 1 is 1.47 bits per heavy atom. The average molecular weight is 258 g/mol. The van der Waals surface area contributed by atoms with E-state index in [0.29, 0.717) is 6.42 Å². The summed E-state index contributed by atoms with van der Waals surface area (Å²) in [7, 11) is -3.67. The van der Waals surface area contributed by atoms with Crippen LogP contribution in [-0.2, 0) is 10.0 Å². The van der Waals surface area contributed by atoms with Gasteiger partial charge in [-0.25, -0.2) is 13.1 Å². The highest BCUT2D eigenvalue weighted by molar-refractivity contribution is 7.89. The molecule has 0 aromatic heterocycles. The predicted molar refractivity (Wildman–Crippen MR) is 67.1 cm³/mol. The summed E-state index contributed by atoms with van der Waals surface area (Å²) in [5.41, 5.74) is 6.80. The number of hydrogen-bond acceptors (Lipinski definition) is 4. The Kier molecular flexibility index (Phi) is 4.50. The Balaban J connectivity index is 3.05. The van der Waals surface area contributed by atoms with Crippen molar-refractivity contribution in [3.63, 3.8) is 0 Å². The molecule has 1 aromatic rings. The molecule has 0 aliphatic rings. The lowest BCUT2D eigenvalue weighted by Crippen LogP contribution is -2.37. The molecule has 0 bridgehead atoms. The second-order valence-corrected chi connectivity index (χ2v) is 5.63. The number of anilines is 1. The fourth-order valence-electron chi connectivity index (χ4n) is 1.45. The van der Waals surface area contributed by atoms with E-state index in [0.717, 1.165) is 5.56 Å². The molecular formula is C11H18N2O3S. The standard InChI is InChI=1S/C11H18N2O3S/c1-3-9(7-14)13-17(15,16)11-5-4-8(2)6-10(11)12/h4-6,9,13-14H,3,7,12H2,1-2H3/t9-/m1/s1. The quantitative estimate of drug-likeness (QED) is 0.675. The van der Waals surface area contributed by atoms with Gasteiger partial charge in [0.15, 0.2) is 0 Å². The zero-order valence-corrected chi connectivity index (χ0v) is 10.8. The minimum Gasteiger partial charge on any atom is -0.398 e. The summed E-state index contributed by atoms with van der Waals surface area (Å²) in [5.74, 6) is 0. The van der Waals surface area contributed by atoms with E-state index in [1.54, 1.807) is 19.1 Å². The average Bonchev–Trinajstić information content (AvgIpc) is 2.25. The third kappa shape index (κ3) is 3.42. The van der Waals surface area contributed by atoms with Crippen LogP contribution in [0.4, 0.5) is 5.69 Å². The molecule has 6 heteroatoms. The van der Waals surface area contributed by atoms with Crippen molar-refractivity contribution in [1.82, 2.24) is 4.72 Å². The first-order chi connectivity index (χ1) is 7.90. The summed E-state index contributed by atoms with van der Waals surface area (Å²) in [6, 6.07) is 4.27. The Hall–Kier alpha value is -1.11. The van der Waals surface area contributed by atoms with Crippen LogP contribution in [0.15, 0.2) is 23.1 Å². The number of hydrogen-bond donors (Lipinski definition) is 3. The molecule has 0 saturated heterocycles. The first-order valence-electron chi connectivity index (χ1n) is 5.40. The van der Waals surface area contributed by atoms with Gasteiger partial charge in [0.05, 0.1) is 12.3 Å². The topological polar surface area (TPSA) is 92.4 Å². The zero-order valence-electron chi connectivity index (χ0n) is 9.97. The molecule has 0 amide bonds. The molecule has 0 fully saturated rings. The molecule has 0 aliphatic heterocycles. The minimum absolute atomic E-state index is 0.0509. The lowest BCUT2D eigenvalue weighted by Gasteiger charge is -2.15. The van der Waals surface area contributed by atoms with Gasteiger partial charge in [-0.3, -0.25) is 0 Å². The van der Waals surface area contributed by atoms with Crippen LogP contribution in [0.25, 0.3) is 0 Å². The molecule has 0 radical (unpaired) electrons. The molecule has 96 valence electrons. The summed E-state index contributed by atoms with van der Waals surface area (Å²) in [5, 5.41) is 8.99. The largest absolute Gasteiger partial charge is 0.398 e. The number of benzene rings is 1. The van der Waals surface area contributed by atoms with E-state index in [2.05, 4.69) is 4.72 Å². The van der Waals surface area contributed by atoms with Gasteiger partial charge in [0.2, 0.25) is 10.0 Å². The summed E-state index contributed by atoms with van der Waals surface area (Å²) in [6.07, 6.45) is 0.515. The number of nitrogen functional groups attached to an aromatic ring is 1. The lowest BCUT2D eigenvalue weighted by molar-refractivity contribution is 0.254. The van der Waals surface area contributed by atoms with Gasteiger partial charge in [-0.05, 0) is 31.0 Å². The number of aliphatic hydroxyl groups is 1. The van der Waals surface area contributed by atoms with E-state index < -0.39 is 16.1 Å². The lowest BCUT2D eigenvalue weighted by atomic mass is 10.2. The molecule has 0 aliphatic carbocycles. The molecule has 17 heavy (non-hydrogen) atoms. The smallest absolute Gasteiger partial charge is 0.242 e. The van der Waals surface area contributed by atoms with Crippen molar-refractivity contribution in [3.05, 3.63) is 23.8 Å². The zero-order chi connectivity index (χ0) is 13.1. The van der Waals surface area contributed by atoms with Gasteiger partial charge in [-0.1, -0.05) is 13.0 Å². The molecule has 1 rings (SSSR count). The Bertz CT molecular complexity index is 481. The fraction of sp³-hybridized carbons (Fsp3) is 0.455. The molecule has 0 spiro atoms. The molecule has 1 aromatic carbocycles. The van der Waals surface area contributed by atoms with Crippen LogP contribution < -0.4 is 10.5 Å². The highest BCUT2D eigenvalue weighted by Gasteiger charge is 2.20. The molecule has 4 N–H and O–H groups in total. The van der Waals surface area contributed by atoms with Crippen molar-refractivity contribution in [3.8, 4) is 0 Å². The summed E-state index contributed by atoms with van der Waals surface area (Å²) in [6.45, 7) is 3.39. The SMILES string of the molecule is CC[C@H](CO)NS(=O)(=O)c1ccc(C)cc1N. The van der Waals surface area contributed by atoms with Gasteiger partial charge in [0.1, 0.15) is 4.90 Å².